The first-order valence-electron chi connectivity index (χ1n) is 7.54. The molecule has 0 atom stereocenters. The van der Waals surface area contributed by atoms with E-state index in [9.17, 15) is 4.79 Å². The van der Waals surface area contributed by atoms with Crippen molar-refractivity contribution < 1.29 is 4.79 Å². The van der Waals surface area contributed by atoms with Crippen molar-refractivity contribution in [3.05, 3.63) is 35.5 Å². The van der Waals surface area contributed by atoms with Crippen molar-refractivity contribution in [1.82, 2.24) is 9.80 Å². The maximum atomic E-state index is 12.5. The molecule has 1 aliphatic rings. The predicted molar refractivity (Wildman–Crippen MR) is 95.7 cm³/mol. The molecule has 0 aromatic heterocycles. The number of hydrogen-bond donors (Lipinski definition) is 0. The zero-order valence-corrected chi connectivity index (χ0v) is 14.5. The molecular weight excluding hydrogens is 294 g/mol. The molecule has 22 heavy (non-hydrogen) atoms. The van der Waals surface area contributed by atoms with Gasteiger partial charge in [0.1, 0.15) is 5.70 Å². The zero-order valence-electron chi connectivity index (χ0n) is 13.7. The Hall–Kier alpha value is -1.88. The van der Waals surface area contributed by atoms with Crippen LogP contribution in [0.25, 0.3) is 6.08 Å². The van der Waals surface area contributed by atoms with Gasteiger partial charge >= 0.3 is 0 Å². The number of hydrogen-bond acceptors (Lipinski definition) is 3. The number of carbonyl (C=O) groups excluding carboxylic acids is 1. The highest BCUT2D eigenvalue weighted by Crippen LogP contribution is 2.23. The van der Waals surface area contributed by atoms with Crippen molar-refractivity contribution >= 4 is 35.0 Å². The SMILES string of the molecule is CCCCN1C(=O)C(=Cc2ccc(N(C)C)cc2)N(C)C1=S. The number of unbranched alkanes of at least 4 members (excludes halogenated alkanes) is 1. The van der Waals surface area contributed by atoms with Crippen LogP contribution >= 0.6 is 12.2 Å². The highest BCUT2D eigenvalue weighted by Gasteiger charge is 2.34. The van der Waals surface area contributed by atoms with Crippen LogP contribution in [0, 0.1) is 0 Å². The average molecular weight is 317 g/mol. The number of thiocarbonyl (C=S) groups is 1. The highest BCUT2D eigenvalue weighted by atomic mass is 32.1. The molecule has 1 aromatic rings. The molecular formula is C17H23N3OS. The van der Waals surface area contributed by atoms with Crippen molar-refractivity contribution in [1.29, 1.82) is 0 Å². The lowest BCUT2D eigenvalue weighted by Gasteiger charge is -2.15. The van der Waals surface area contributed by atoms with Crippen molar-refractivity contribution in [2.24, 2.45) is 0 Å². The van der Waals surface area contributed by atoms with Gasteiger partial charge in [0.15, 0.2) is 5.11 Å². The van der Waals surface area contributed by atoms with Gasteiger partial charge in [-0.15, -0.1) is 0 Å². The molecule has 0 N–H and O–H groups in total. The number of carbonyl (C=O) groups is 1. The van der Waals surface area contributed by atoms with Crippen LogP contribution in [0.3, 0.4) is 0 Å². The molecule has 4 nitrogen and oxygen atoms in total. The van der Waals surface area contributed by atoms with E-state index in [0.29, 0.717) is 17.4 Å². The predicted octanol–water partition coefficient (Wildman–Crippen LogP) is 2.95. The van der Waals surface area contributed by atoms with E-state index in [2.05, 4.69) is 6.92 Å². The van der Waals surface area contributed by atoms with Gasteiger partial charge in [-0.05, 0) is 42.4 Å². The van der Waals surface area contributed by atoms with Gasteiger partial charge in [-0.3, -0.25) is 9.69 Å². The fourth-order valence-corrected chi connectivity index (χ4v) is 2.62. The Morgan fingerprint density at radius 3 is 2.41 bits per heavy atom. The van der Waals surface area contributed by atoms with Crippen molar-refractivity contribution in [3.63, 3.8) is 0 Å². The summed E-state index contributed by atoms with van der Waals surface area (Å²) in [6.45, 7) is 2.80. The van der Waals surface area contributed by atoms with Crippen molar-refractivity contribution in [2.75, 3.05) is 32.6 Å². The summed E-state index contributed by atoms with van der Waals surface area (Å²) in [5, 5.41) is 0.592. The Labute approximate surface area is 138 Å². The van der Waals surface area contributed by atoms with Gasteiger partial charge in [-0.25, -0.2) is 0 Å². The zero-order chi connectivity index (χ0) is 16.3. The Balaban J connectivity index is 2.23. The van der Waals surface area contributed by atoms with E-state index in [0.717, 1.165) is 24.1 Å². The van der Waals surface area contributed by atoms with Crippen LogP contribution < -0.4 is 4.90 Å². The summed E-state index contributed by atoms with van der Waals surface area (Å²) >= 11 is 5.39. The molecule has 1 fully saturated rings. The third-order valence-electron chi connectivity index (χ3n) is 3.79. The van der Waals surface area contributed by atoms with E-state index in [-0.39, 0.29) is 5.91 Å². The molecule has 0 unspecified atom stereocenters. The quantitative estimate of drug-likeness (QED) is 0.616. The first-order chi connectivity index (χ1) is 10.5. The van der Waals surface area contributed by atoms with E-state index in [1.165, 1.54) is 0 Å². The van der Waals surface area contributed by atoms with Crippen LogP contribution in [0.1, 0.15) is 25.3 Å². The van der Waals surface area contributed by atoms with Gasteiger partial charge in [-0.2, -0.15) is 0 Å². The van der Waals surface area contributed by atoms with Gasteiger partial charge in [0, 0.05) is 33.4 Å². The molecule has 1 saturated heterocycles. The minimum Gasteiger partial charge on any atom is -0.378 e. The molecule has 5 heteroatoms. The van der Waals surface area contributed by atoms with Crippen LogP contribution in [0.15, 0.2) is 30.0 Å². The number of benzene rings is 1. The van der Waals surface area contributed by atoms with Crippen LogP contribution in [0.4, 0.5) is 5.69 Å². The second kappa shape index (κ2) is 6.92. The Morgan fingerprint density at radius 2 is 1.86 bits per heavy atom. The van der Waals surface area contributed by atoms with E-state index < -0.39 is 0 Å². The molecule has 0 saturated carbocycles. The summed E-state index contributed by atoms with van der Waals surface area (Å²) in [6, 6.07) is 8.11. The lowest BCUT2D eigenvalue weighted by molar-refractivity contribution is -0.122. The van der Waals surface area contributed by atoms with E-state index in [1.807, 2.05) is 56.4 Å². The van der Waals surface area contributed by atoms with Gasteiger partial charge in [-0.1, -0.05) is 25.5 Å². The van der Waals surface area contributed by atoms with Gasteiger partial charge < -0.3 is 9.80 Å². The molecule has 1 aromatic carbocycles. The third-order valence-corrected chi connectivity index (χ3v) is 4.29. The number of nitrogens with zero attached hydrogens (tertiary/aromatic N) is 3. The average Bonchev–Trinajstić information content (AvgIpc) is 2.70. The summed E-state index contributed by atoms with van der Waals surface area (Å²) < 4.78 is 0. The largest absolute Gasteiger partial charge is 0.378 e. The van der Waals surface area contributed by atoms with Gasteiger partial charge in [0.25, 0.3) is 5.91 Å². The Morgan fingerprint density at radius 1 is 1.23 bits per heavy atom. The lowest BCUT2D eigenvalue weighted by atomic mass is 10.1. The van der Waals surface area contributed by atoms with Crippen molar-refractivity contribution in [2.45, 2.75) is 19.8 Å². The second-order valence-corrected chi connectivity index (χ2v) is 6.03. The molecule has 0 radical (unpaired) electrons. The Bertz CT molecular complexity index is 592. The Kier molecular flexibility index (Phi) is 5.19. The maximum absolute atomic E-state index is 12.5. The van der Waals surface area contributed by atoms with Gasteiger partial charge in [0.05, 0.1) is 0 Å². The van der Waals surface area contributed by atoms with E-state index >= 15 is 0 Å². The molecule has 118 valence electrons. The first kappa shape index (κ1) is 16.5. The minimum absolute atomic E-state index is 0.00219. The molecule has 2 rings (SSSR count). The molecule has 0 bridgehead atoms. The van der Waals surface area contributed by atoms with E-state index in [4.69, 9.17) is 12.2 Å². The summed E-state index contributed by atoms with van der Waals surface area (Å²) in [5.41, 5.74) is 2.77. The van der Waals surface area contributed by atoms with Crippen LogP contribution in [-0.2, 0) is 4.79 Å². The topological polar surface area (TPSA) is 26.8 Å². The van der Waals surface area contributed by atoms with Crippen LogP contribution in [0.2, 0.25) is 0 Å². The van der Waals surface area contributed by atoms with Crippen LogP contribution in [0.5, 0.6) is 0 Å². The summed E-state index contributed by atoms with van der Waals surface area (Å²) in [6.07, 6.45) is 3.91. The molecule has 1 aliphatic heterocycles. The fourth-order valence-electron chi connectivity index (χ4n) is 2.35. The number of anilines is 1. The maximum Gasteiger partial charge on any atom is 0.276 e. The molecule has 0 aliphatic carbocycles. The summed E-state index contributed by atoms with van der Waals surface area (Å²) in [5.74, 6) is -0.00219. The highest BCUT2D eigenvalue weighted by molar-refractivity contribution is 7.80. The van der Waals surface area contributed by atoms with Crippen molar-refractivity contribution in [3.8, 4) is 0 Å². The third kappa shape index (κ3) is 3.30. The standard InChI is InChI=1S/C17H23N3OS/c1-5-6-11-20-16(21)15(19(4)17(20)22)12-13-7-9-14(10-8-13)18(2)3/h7-10,12H,5-6,11H2,1-4H3. The molecule has 1 amide bonds. The fraction of sp³-hybridized carbons (Fsp3) is 0.412. The normalized spacial score (nSPS) is 16.8. The summed E-state index contributed by atoms with van der Waals surface area (Å²) in [7, 11) is 5.86. The monoisotopic (exact) mass is 317 g/mol. The number of likely N-dealkylation sites (N-methyl/N-ethyl adjacent to an activating group) is 1. The second-order valence-electron chi connectivity index (χ2n) is 5.67. The minimum atomic E-state index is -0.00219. The van der Waals surface area contributed by atoms with E-state index in [1.54, 1.807) is 9.80 Å². The van der Waals surface area contributed by atoms with Crippen LogP contribution in [-0.4, -0.2) is 48.5 Å². The lowest BCUT2D eigenvalue weighted by Crippen LogP contribution is -2.32. The smallest absolute Gasteiger partial charge is 0.276 e. The number of amides is 1. The summed E-state index contributed by atoms with van der Waals surface area (Å²) in [4.78, 5) is 18.1. The molecule has 1 heterocycles. The number of rotatable bonds is 5. The molecule has 0 spiro atoms. The first-order valence-corrected chi connectivity index (χ1v) is 7.95. The van der Waals surface area contributed by atoms with Gasteiger partial charge in [0.2, 0.25) is 0 Å².